The average molecular weight is 167 g/mol. The Kier molecular flexibility index (Phi) is 3.12. The van der Waals surface area contributed by atoms with E-state index in [-0.39, 0.29) is 12.5 Å². The van der Waals surface area contributed by atoms with Gasteiger partial charge in [-0.05, 0) is 0 Å². The molecule has 1 aliphatic rings. The number of rotatable bonds is 3. The van der Waals surface area contributed by atoms with Crippen LogP contribution >= 0.6 is 0 Å². The minimum Gasteiger partial charge on any atom is -0.396 e. The van der Waals surface area contributed by atoms with Gasteiger partial charge in [-0.3, -0.25) is 4.79 Å². The van der Waals surface area contributed by atoms with Crippen molar-refractivity contribution in [2.75, 3.05) is 19.7 Å². The van der Waals surface area contributed by atoms with Crippen LogP contribution in [0.5, 0.6) is 0 Å². The summed E-state index contributed by atoms with van der Waals surface area (Å²) in [4.78, 5) is 12.9. The topological polar surface area (TPSA) is 40.5 Å². The van der Waals surface area contributed by atoms with Crippen molar-refractivity contribution in [3.8, 4) is 12.3 Å². The van der Waals surface area contributed by atoms with Crippen molar-refractivity contribution in [2.45, 2.75) is 12.8 Å². The van der Waals surface area contributed by atoms with Gasteiger partial charge in [0.15, 0.2) is 0 Å². The number of carbonyl (C=O) groups is 1. The summed E-state index contributed by atoms with van der Waals surface area (Å²) in [6, 6.07) is 0. The number of aliphatic hydroxyl groups excluding tert-OH is 1. The zero-order valence-electron chi connectivity index (χ0n) is 6.99. The molecule has 3 nitrogen and oxygen atoms in total. The molecule has 1 fully saturated rings. The summed E-state index contributed by atoms with van der Waals surface area (Å²) in [7, 11) is 0. The van der Waals surface area contributed by atoms with Crippen LogP contribution in [0.4, 0.5) is 0 Å². The van der Waals surface area contributed by atoms with Gasteiger partial charge in [-0.15, -0.1) is 12.3 Å². The maximum Gasteiger partial charge on any atom is 0.223 e. The van der Waals surface area contributed by atoms with Crippen LogP contribution in [0.3, 0.4) is 0 Å². The Balaban J connectivity index is 2.16. The van der Waals surface area contributed by atoms with Gasteiger partial charge >= 0.3 is 0 Å². The molecule has 1 amide bonds. The van der Waals surface area contributed by atoms with E-state index >= 15 is 0 Å². The van der Waals surface area contributed by atoms with Gasteiger partial charge in [0.25, 0.3) is 0 Å². The summed E-state index contributed by atoms with van der Waals surface area (Å²) in [6.07, 6.45) is 5.98. The van der Waals surface area contributed by atoms with E-state index < -0.39 is 0 Å². The van der Waals surface area contributed by atoms with Crippen LogP contribution in [-0.4, -0.2) is 35.6 Å². The monoisotopic (exact) mass is 167 g/mol. The van der Waals surface area contributed by atoms with E-state index in [1.165, 1.54) is 0 Å². The highest BCUT2D eigenvalue weighted by Crippen LogP contribution is 2.15. The first-order valence-electron chi connectivity index (χ1n) is 4.10. The molecule has 0 bridgehead atoms. The van der Waals surface area contributed by atoms with Gasteiger partial charge in [-0.2, -0.15) is 0 Å². The SMILES string of the molecule is C#CCCC(=O)N1CC(CO)C1. The van der Waals surface area contributed by atoms with Crippen molar-refractivity contribution in [1.82, 2.24) is 4.90 Å². The fourth-order valence-corrected chi connectivity index (χ4v) is 1.23. The van der Waals surface area contributed by atoms with Crippen LogP contribution in [0.15, 0.2) is 0 Å². The number of likely N-dealkylation sites (tertiary alicyclic amines) is 1. The molecule has 0 unspecified atom stereocenters. The van der Waals surface area contributed by atoms with Crippen LogP contribution in [0.1, 0.15) is 12.8 Å². The molecular formula is C9H13NO2. The predicted molar refractivity (Wildman–Crippen MR) is 45.2 cm³/mol. The summed E-state index contributed by atoms with van der Waals surface area (Å²) in [5.41, 5.74) is 0. The average Bonchev–Trinajstić information content (AvgIpc) is 1.99. The molecule has 0 aliphatic carbocycles. The highest BCUT2D eigenvalue weighted by Gasteiger charge is 2.28. The number of amides is 1. The molecular weight excluding hydrogens is 154 g/mol. The lowest BCUT2D eigenvalue weighted by molar-refractivity contribution is -0.138. The van der Waals surface area contributed by atoms with Gasteiger partial charge in [-0.1, -0.05) is 0 Å². The second kappa shape index (κ2) is 4.13. The fraction of sp³-hybridized carbons (Fsp3) is 0.667. The van der Waals surface area contributed by atoms with E-state index in [0.717, 1.165) is 0 Å². The zero-order valence-corrected chi connectivity index (χ0v) is 6.99. The Morgan fingerprint density at radius 1 is 1.67 bits per heavy atom. The Bertz CT molecular complexity index is 201. The lowest BCUT2D eigenvalue weighted by Gasteiger charge is -2.38. The first-order chi connectivity index (χ1) is 5.77. The van der Waals surface area contributed by atoms with E-state index in [1.807, 2.05) is 0 Å². The maximum absolute atomic E-state index is 11.2. The molecule has 0 saturated carbocycles. The number of terminal acetylenes is 1. The number of nitrogens with zero attached hydrogens (tertiary/aromatic N) is 1. The first-order valence-corrected chi connectivity index (χ1v) is 4.10. The van der Waals surface area contributed by atoms with Crippen molar-refractivity contribution in [1.29, 1.82) is 0 Å². The quantitative estimate of drug-likeness (QED) is 0.594. The first kappa shape index (κ1) is 9.08. The molecule has 3 heteroatoms. The van der Waals surface area contributed by atoms with Gasteiger partial charge in [0.1, 0.15) is 0 Å². The van der Waals surface area contributed by atoms with Gasteiger partial charge in [0.2, 0.25) is 5.91 Å². The van der Waals surface area contributed by atoms with Crippen LogP contribution < -0.4 is 0 Å². The lowest BCUT2D eigenvalue weighted by Crippen LogP contribution is -2.51. The molecule has 1 rings (SSSR count). The molecule has 0 aromatic heterocycles. The lowest BCUT2D eigenvalue weighted by atomic mass is 10.0. The zero-order chi connectivity index (χ0) is 8.97. The minimum atomic E-state index is 0.109. The van der Waals surface area contributed by atoms with Gasteiger partial charge in [-0.25, -0.2) is 0 Å². The number of carbonyl (C=O) groups excluding carboxylic acids is 1. The second-order valence-corrected chi connectivity index (χ2v) is 3.05. The molecule has 1 saturated heterocycles. The third kappa shape index (κ3) is 1.99. The standard InChI is InChI=1S/C9H13NO2/c1-2-3-4-9(12)10-5-8(6-10)7-11/h1,8,11H,3-7H2. The normalized spacial score (nSPS) is 16.8. The van der Waals surface area contributed by atoms with Gasteiger partial charge in [0.05, 0.1) is 0 Å². The summed E-state index contributed by atoms with van der Waals surface area (Å²) in [6.45, 7) is 1.57. The number of aliphatic hydroxyl groups is 1. The highest BCUT2D eigenvalue weighted by molar-refractivity contribution is 5.77. The molecule has 0 aromatic rings. The van der Waals surface area contributed by atoms with Crippen molar-refractivity contribution in [3.05, 3.63) is 0 Å². The third-order valence-corrected chi connectivity index (χ3v) is 2.05. The Labute approximate surface area is 72.4 Å². The summed E-state index contributed by atoms with van der Waals surface area (Å²) in [5.74, 6) is 2.83. The third-order valence-electron chi connectivity index (χ3n) is 2.05. The maximum atomic E-state index is 11.2. The number of hydrogen-bond acceptors (Lipinski definition) is 2. The van der Waals surface area contributed by atoms with E-state index in [1.54, 1.807) is 4.90 Å². The Hall–Kier alpha value is -1.01. The summed E-state index contributed by atoms with van der Waals surface area (Å²) >= 11 is 0. The highest BCUT2D eigenvalue weighted by atomic mass is 16.3. The van der Waals surface area contributed by atoms with E-state index in [2.05, 4.69) is 5.92 Å². The summed E-state index contributed by atoms with van der Waals surface area (Å²) < 4.78 is 0. The Morgan fingerprint density at radius 2 is 2.33 bits per heavy atom. The number of hydrogen-bond donors (Lipinski definition) is 1. The second-order valence-electron chi connectivity index (χ2n) is 3.05. The molecule has 12 heavy (non-hydrogen) atoms. The van der Waals surface area contributed by atoms with Crippen LogP contribution in [0, 0.1) is 18.3 Å². The molecule has 1 N–H and O–H groups in total. The van der Waals surface area contributed by atoms with Gasteiger partial charge < -0.3 is 10.0 Å². The molecule has 66 valence electrons. The van der Waals surface area contributed by atoms with Crippen LogP contribution in [0.2, 0.25) is 0 Å². The van der Waals surface area contributed by atoms with E-state index in [0.29, 0.717) is 31.8 Å². The van der Waals surface area contributed by atoms with Crippen molar-refractivity contribution in [2.24, 2.45) is 5.92 Å². The largest absolute Gasteiger partial charge is 0.396 e. The summed E-state index contributed by atoms with van der Waals surface area (Å²) in [5, 5.41) is 8.69. The van der Waals surface area contributed by atoms with Crippen LogP contribution in [0.25, 0.3) is 0 Å². The van der Waals surface area contributed by atoms with Crippen molar-refractivity contribution >= 4 is 5.91 Å². The predicted octanol–water partition coefficient (Wildman–Crippen LogP) is -0.150. The van der Waals surface area contributed by atoms with E-state index in [9.17, 15) is 4.79 Å². The fourth-order valence-electron chi connectivity index (χ4n) is 1.23. The molecule has 0 radical (unpaired) electrons. The van der Waals surface area contributed by atoms with Gasteiger partial charge in [0, 0.05) is 38.5 Å². The smallest absolute Gasteiger partial charge is 0.223 e. The molecule has 1 aliphatic heterocycles. The molecule has 0 atom stereocenters. The molecule has 0 aromatic carbocycles. The molecule has 0 spiro atoms. The van der Waals surface area contributed by atoms with E-state index in [4.69, 9.17) is 11.5 Å². The Morgan fingerprint density at radius 3 is 2.83 bits per heavy atom. The van der Waals surface area contributed by atoms with Crippen LogP contribution in [-0.2, 0) is 4.79 Å². The minimum absolute atomic E-state index is 0.109. The molecule has 1 heterocycles. The van der Waals surface area contributed by atoms with Crippen molar-refractivity contribution < 1.29 is 9.90 Å². The van der Waals surface area contributed by atoms with Crippen molar-refractivity contribution in [3.63, 3.8) is 0 Å².